The van der Waals surface area contributed by atoms with Crippen molar-refractivity contribution < 1.29 is 0 Å². The topological polar surface area (TPSA) is 28.7 Å². The lowest BCUT2D eigenvalue weighted by molar-refractivity contribution is 1.10. The normalized spacial score (nSPS) is 10.8. The quantitative estimate of drug-likeness (QED) is 0.643. The van der Waals surface area contributed by atoms with Crippen LogP contribution in [0, 0.1) is 0 Å². The molecule has 3 aromatic rings. The molecule has 0 aliphatic rings. The predicted octanol–water partition coefficient (Wildman–Crippen LogP) is 5.70. The molecule has 2 aromatic carbocycles. The van der Waals surface area contributed by atoms with Gasteiger partial charge in [0, 0.05) is 10.6 Å². The Bertz CT molecular complexity index is 748. The van der Waals surface area contributed by atoms with Gasteiger partial charge in [0.2, 0.25) is 0 Å². The van der Waals surface area contributed by atoms with E-state index in [1.807, 2.05) is 36.4 Å². The summed E-state index contributed by atoms with van der Waals surface area (Å²) in [4.78, 5) is 0. The number of hydrogen-bond acceptors (Lipinski definition) is 1. The first-order valence-electron chi connectivity index (χ1n) is 5.90. The lowest BCUT2D eigenvalue weighted by Gasteiger charge is -1.99. The number of halogens is 3. The van der Waals surface area contributed by atoms with Crippen LogP contribution in [0.25, 0.3) is 22.5 Å². The number of benzene rings is 2. The summed E-state index contributed by atoms with van der Waals surface area (Å²) in [6.07, 6.45) is 0. The van der Waals surface area contributed by atoms with E-state index in [-0.39, 0.29) is 0 Å². The van der Waals surface area contributed by atoms with E-state index in [9.17, 15) is 0 Å². The smallest absolute Gasteiger partial charge is 0.0927 e. The van der Waals surface area contributed by atoms with Crippen LogP contribution in [0.4, 0.5) is 0 Å². The first-order chi connectivity index (χ1) is 9.63. The van der Waals surface area contributed by atoms with E-state index in [1.54, 1.807) is 12.1 Å². The highest BCUT2D eigenvalue weighted by Gasteiger charge is 2.07. The number of H-pyrrole nitrogens is 1. The average molecular weight is 324 g/mol. The second-order valence-corrected chi connectivity index (χ2v) is 5.55. The van der Waals surface area contributed by atoms with Gasteiger partial charge in [0.25, 0.3) is 0 Å². The van der Waals surface area contributed by atoms with Gasteiger partial charge in [-0.3, -0.25) is 5.10 Å². The van der Waals surface area contributed by atoms with Crippen molar-refractivity contribution in [1.82, 2.24) is 10.2 Å². The molecular formula is C15H9Cl3N2. The highest BCUT2D eigenvalue weighted by atomic mass is 35.5. The second kappa shape index (κ2) is 5.49. The average Bonchev–Trinajstić information content (AvgIpc) is 2.92. The molecule has 0 spiro atoms. The van der Waals surface area contributed by atoms with Gasteiger partial charge in [-0.1, -0.05) is 53.0 Å². The highest BCUT2D eigenvalue weighted by Crippen LogP contribution is 2.29. The van der Waals surface area contributed by atoms with Crippen LogP contribution in [0.2, 0.25) is 15.1 Å². The Labute approximate surface area is 131 Å². The predicted molar refractivity (Wildman–Crippen MR) is 84.5 cm³/mol. The SMILES string of the molecule is Clc1ccc(-c2cc(-c3ccc(Cl)c(Cl)c3)n[nH]2)cc1. The summed E-state index contributed by atoms with van der Waals surface area (Å²) in [5.74, 6) is 0. The molecule has 1 aromatic heterocycles. The molecule has 0 unspecified atom stereocenters. The van der Waals surface area contributed by atoms with Gasteiger partial charge in [-0.2, -0.15) is 5.10 Å². The number of nitrogens with one attached hydrogen (secondary N) is 1. The molecule has 0 fully saturated rings. The number of hydrogen-bond donors (Lipinski definition) is 1. The minimum atomic E-state index is 0.514. The van der Waals surface area contributed by atoms with E-state index < -0.39 is 0 Å². The number of rotatable bonds is 2. The fourth-order valence-corrected chi connectivity index (χ4v) is 2.33. The Kier molecular flexibility index (Phi) is 3.70. The first kappa shape index (κ1) is 13.5. The molecule has 0 saturated heterocycles. The molecule has 0 radical (unpaired) electrons. The van der Waals surface area contributed by atoms with Crippen LogP contribution in [-0.4, -0.2) is 10.2 Å². The Hall–Kier alpha value is -1.48. The zero-order valence-corrected chi connectivity index (χ0v) is 12.5. The van der Waals surface area contributed by atoms with Gasteiger partial charge in [0.15, 0.2) is 0 Å². The summed E-state index contributed by atoms with van der Waals surface area (Å²) in [5.41, 5.74) is 3.67. The van der Waals surface area contributed by atoms with E-state index in [2.05, 4.69) is 10.2 Å². The fourth-order valence-electron chi connectivity index (χ4n) is 1.90. The van der Waals surface area contributed by atoms with Gasteiger partial charge < -0.3 is 0 Å². The molecule has 1 heterocycles. The summed E-state index contributed by atoms with van der Waals surface area (Å²) in [6.45, 7) is 0. The molecule has 3 rings (SSSR count). The first-order valence-corrected chi connectivity index (χ1v) is 7.03. The molecule has 2 nitrogen and oxygen atoms in total. The van der Waals surface area contributed by atoms with Crippen molar-refractivity contribution in [3.63, 3.8) is 0 Å². The van der Waals surface area contributed by atoms with Gasteiger partial charge in [0.1, 0.15) is 0 Å². The molecule has 100 valence electrons. The van der Waals surface area contributed by atoms with Crippen LogP contribution >= 0.6 is 34.8 Å². The molecule has 5 heteroatoms. The molecule has 0 bridgehead atoms. The van der Waals surface area contributed by atoms with Crippen LogP contribution < -0.4 is 0 Å². The van der Waals surface area contributed by atoms with Crippen molar-refractivity contribution in [2.45, 2.75) is 0 Å². The zero-order valence-electron chi connectivity index (χ0n) is 10.2. The number of aromatic nitrogens is 2. The molecular weight excluding hydrogens is 315 g/mol. The monoisotopic (exact) mass is 322 g/mol. The third-order valence-electron chi connectivity index (χ3n) is 2.95. The molecule has 0 aliphatic heterocycles. The van der Waals surface area contributed by atoms with E-state index in [0.717, 1.165) is 22.5 Å². The third kappa shape index (κ3) is 2.68. The standard InChI is InChI=1S/C15H9Cl3N2/c16-11-4-1-9(2-5-11)14-8-15(20-19-14)10-3-6-12(17)13(18)7-10/h1-8H,(H,19,20). The maximum absolute atomic E-state index is 6.02. The number of aromatic amines is 1. The van der Waals surface area contributed by atoms with Crippen LogP contribution in [0.5, 0.6) is 0 Å². The Balaban J connectivity index is 1.97. The molecule has 1 N–H and O–H groups in total. The van der Waals surface area contributed by atoms with E-state index in [0.29, 0.717) is 15.1 Å². The van der Waals surface area contributed by atoms with Crippen molar-refractivity contribution in [3.05, 3.63) is 63.6 Å². The van der Waals surface area contributed by atoms with Crippen molar-refractivity contribution >= 4 is 34.8 Å². The van der Waals surface area contributed by atoms with E-state index in [4.69, 9.17) is 34.8 Å². The maximum atomic E-state index is 6.02. The molecule has 0 amide bonds. The van der Waals surface area contributed by atoms with Crippen molar-refractivity contribution in [2.75, 3.05) is 0 Å². The summed E-state index contributed by atoms with van der Waals surface area (Å²) in [5, 5.41) is 9.05. The summed E-state index contributed by atoms with van der Waals surface area (Å²) < 4.78 is 0. The molecule has 0 aliphatic carbocycles. The van der Waals surface area contributed by atoms with Gasteiger partial charge in [-0.05, 0) is 35.9 Å². The maximum Gasteiger partial charge on any atom is 0.0927 e. The highest BCUT2D eigenvalue weighted by molar-refractivity contribution is 6.42. The molecule has 0 saturated carbocycles. The molecule has 0 atom stereocenters. The van der Waals surface area contributed by atoms with Crippen LogP contribution in [-0.2, 0) is 0 Å². The Morgan fingerprint density at radius 3 is 2.15 bits per heavy atom. The van der Waals surface area contributed by atoms with Crippen LogP contribution in [0.1, 0.15) is 0 Å². The van der Waals surface area contributed by atoms with E-state index >= 15 is 0 Å². The number of nitrogens with zero attached hydrogens (tertiary/aromatic N) is 1. The van der Waals surface area contributed by atoms with Gasteiger partial charge in [0.05, 0.1) is 21.4 Å². The minimum Gasteiger partial charge on any atom is -0.277 e. The summed E-state index contributed by atoms with van der Waals surface area (Å²) in [7, 11) is 0. The van der Waals surface area contributed by atoms with Crippen LogP contribution in [0.3, 0.4) is 0 Å². The van der Waals surface area contributed by atoms with Crippen molar-refractivity contribution in [3.8, 4) is 22.5 Å². The van der Waals surface area contributed by atoms with Crippen LogP contribution in [0.15, 0.2) is 48.5 Å². The lowest BCUT2D eigenvalue weighted by Crippen LogP contribution is -1.78. The Morgan fingerprint density at radius 1 is 0.750 bits per heavy atom. The lowest BCUT2D eigenvalue weighted by atomic mass is 10.1. The Morgan fingerprint density at radius 2 is 1.45 bits per heavy atom. The minimum absolute atomic E-state index is 0.514. The van der Waals surface area contributed by atoms with Crippen molar-refractivity contribution in [2.24, 2.45) is 0 Å². The van der Waals surface area contributed by atoms with Gasteiger partial charge >= 0.3 is 0 Å². The second-order valence-electron chi connectivity index (χ2n) is 4.30. The van der Waals surface area contributed by atoms with Gasteiger partial charge in [-0.15, -0.1) is 0 Å². The largest absolute Gasteiger partial charge is 0.277 e. The fraction of sp³-hybridized carbons (Fsp3) is 0. The van der Waals surface area contributed by atoms with E-state index in [1.165, 1.54) is 0 Å². The summed E-state index contributed by atoms with van der Waals surface area (Å²) >= 11 is 17.8. The zero-order chi connectivity index (χ0) is 14.1. The summed E-state index contributed by atoms with van der Waals surface area (Å²) in [6, 6.07) is 15.0. The third-order valence-corrected chi connectivity index (χ3v) is 3.94. The molecule has 20 heavy (non-hydrogen) atoms. The van der Waals surface area contributed by atoms with Gasteiger partial charge in [-0.25, -0.2) is 0 Å². The van der Waals surface area contributed by atoms with Crippen molar-refractivity contribution in [1.29, 1.82) is 0 Å².